The van der Waals surface area contributed by atoms with E-state index in [-0.39, 0.29) is 11.9 Å². The number of hydrogen-bond donors (Lipinski definition) is 1. The Kier molecular flexibility index (Phi) is 6.07. The van der Waals surface area contributed by atoms with Crippen LogP contribution in [0.15, 0.2) is 54.6 Å². The summed E-state index contributed by atoms with van der Waals surface area (Å²) in [5.41, 5.74) is 4.08. The Bertz CT molecular complexity index is 960. The Morgan fingerprint density at radius 3 is 2.45 bits per heavy atom. The molecule has 1 aromatic heterocycles. The van der Waals surface area contributed by atoms with Gasteiger partial charge in [0.25, 0.3) is 5.91 Å². The van der Waals surface area contributed by atoms with E-state index < -0.39 is 0 Å². The van der Waals surface area contributed by atoms with Crippen LogP contribution >= 0.6 is 11.3 Å². The second-order valence-electron chi connectivity index (χ2n) is 7.66. The molecule has 1 aliphatic rings. The fraction of sp³-hybridized carbons (Fsp3) is 0.333. The van der Waals surface area contributed by atoms with Crippen molar-refractivity contribution in [2.75, 3.05) is 19.6 Å². The Labute approximate surface area is 176 Å². The highest BCUT2D eigenvalue weighted by molar-refractivity contribution is 7.15. The number of rotatable bonds is 6. The molecule has 1 N–H and O–H groups in total. The van der Waals surface area contributed by atoms with Gasteiger partial charge < -0.3 is 5.32 Å². The van der Waals surface area contributed by atoms with E-state index in [2.05, 4.69) is 46.4 Å². The Balaban J connectivity index is 1.54. The van der Waals surface area contributed by atoms with Crippen LogP contribution in [-0.2, 0) is 0 Å². The number of aromatic nitrogens is 1. The first-order chi connectivity index (χ1) is 14.1. The Hall–Kier alpha value is -2.50. The first-order valence-corrected chi connectivity index (χ1v) is 11.0. The standard InChI is InChI=1S/C24H27N3OS/c1-17-10-12-19(13-11-17)21(27-14-6-7-15-27)16-25-24(28)22-23(29-18(2)26-22)20-8-4-3-5-9-20/h3-5,8-13,21H,6-7,14-16H2,1-2H3,(H,25,28). The van der Waals surface area contributed by atoms with E-state index in [1.54, 1.807) is 11.3 Å². The van der Waals surface area contributed by atoms with Gasteiger partial charge in [-0.05, 0) is 50.9 Å². The van der Waals surface area contributed by atoms with E-state index >= 15 is 0 Å². The summed E-state index contributed by atoms with van der Waals surface area (Å²) in [5.74, 6) is -0.0930. The van der Waals surface area contributed by atoms with Gasteiger partial charge in [0, 0.05) is 6.54 Å². The lowest BCUT2D eigenvalue weighted by Crippen LogP contribution is -2.37. The highest BCUT2D eigenvalue weighted by atomic mass is 32.1. The van der Waals surface area contributed by atoms with Crippen LogP contribution in [0.3, 0.4) is 0 Å². The highest BCUT2D eigenvalue weighted by Gasteiger charge is 2.25. The number of benzene rings is 2. The van der Waals surface area contributed by atoms with Crippen molar-refractivity contribution in [3.05, 3.63) is 76.4 Å². The number of nitrogens with zero attached hydrogens (tertiary/aromatic N) is 2. The molecule has 4 nitrogen and oxygen atoms in total. The molecule has 0 bridgehead atoms. The minimum absolute atomic E-state index is 0.0930. The largest absolute Gasteiger partial charge is 0.349 e. The van der Waals surface area contributed by atoms with Gasteiger partial charge in [-0.25, -0.2) is 4.98 Å². The molecule has 0 radical (unpaired) electrons. The average Bonchev–Trinajstić information content (AvgIpc) is 3.40. The van der Waals surface area contributed by atoms with E-state index in [1.165, 1.54) is 24.0 Å². The van der Waals surface area contributed by atoms with Crippen molar-refractivity contribution >= 4 is 17.2 Å². The molecule has 5 heteroatoms. The van der Waals surface area contributed by atoms with Crippen molar-refractivity contribution in [3.63, 3.8) is 0 Å². The molecule has 2 heterocycles. The van der Waals surface area contributed by atoms with Gasteiger partial charge >= 0.3 is 0 Å². The van der Waals surface area contributed by atoms with Gasteiger partial charge in [-0.1, -0.05) is 60.2 Å². The first kappa shape index (κ1) is 19.8. The van der Waals surface area contributed by atoms with E-state index in [0.717, 1.165) is 28.5 Å². The summed E-state index contributed by atoms with van der Waals surface area (Å²) in [4.78, 5) is 21.0. The van der Waals surface area contributed by atoms with Crippen molar-refractivity contribution < 1.29 is 4.79 Å². The van der Waals surface area contributed by atoms with E-state index in [4.69, 9.17) is 0 Å². The van der Waals surface area contributed by atoms with E-state index in [0.29, 0.717) is 12.2 Å². The number of amides is 1. The molecule has 0 spiro atoms. The van der Waals surface area contributed by atoms with Crippen LogP contribution < -0.4 is 5.32 Å². The van der Waals surface area contributed by atoms with Crippen LogP contribution in [0.2, 0.25) is 0 Å². The average molecular weight is 406 g/mol. The van der Waals surface area contributed by atoms with Gasteiger partial charge in [0.05, 0.1) is 15.9 Å². The predicted octanol–water partition coefficient (Wildman–Crippen LogP) is 4.99. The molecule has 1 fully saturated rings. The fourth-order valence-electron chi connectivity index (χ4n) is 3.94. The van der Waals surface area contributed by atoms with E-state index in [9.17, 15) is 4.79 Å². The summed E-state index contributed by atoms with van der Waals surface area (Å²) in [6, 6.07) is 18.9. The Morgan fingerprint density at radius 1 is 1.07 bits per heavy atom. The second kappa shape index (κ2) is 8.89. The third-order valence-electron chi connectivity index (χ3n) is 5.48. The molecule has 1 amide bonds. The maximum absolute atomic E-state index is 13.1. The maximum atomic E-state index is 13.1. The fourth-order valence-corrected chi connectivity index (χ4v) is 4.86. The molecule has 1 atom stereocenters. The molecule has 1 unspecified atom stereocenters. The lowest BCUT2D eigenvalue weighted by Gasteiger charge is -2.28. The lowest BCUT2D eigenvalue weighted by molar-refractivity contribution is 0.0934. The monoisotopic (exact) mass is 405 g/mol. The summed E-state index contributed by atoms with van der Waals surface area (Å²) >= 11 is 1.57. The Morgan fingerprint density at radius 2 is 1.76 bits per heavy atom. The summed E-state index contributed by atoms with van der Waals surface area (Å²) in [6.07, 6.45) is 2.44. The molecule has 0 aliphatic carbocycles. The third-order valence-corrected chi connectivity index (χ3v) is 6.50. The van der Waals surface area contributed by atoms with E-state index in [1.807, 2.05) is 37.3 Å². The molecule has 4 rings (SSSR count). The number of carbonyl (C=O) groups is 1. The van der Waals surface area contributed by atoms with Gasteiger partial charge in [0.15, 0.2) is 0 Å². The summed E-state index contributed by atoms with van der Waals surface area (Å²) in [7, 11) is 0. The van der Waals surface area contributed by atoms with Gasteiger partial charge in [-0.3, -0.25) is 9.69 Å². The number of hydrogen-bond acceptors (Lipinski definition) is 4. The predicted molar refractivity (Wildman–Crippen MR) is 119 cm³/mol. The minimum Gasteiger partial charge on any atom is -0.349 e. The summed E-state index contributed by atoms with van der Waals surface area (Å²) in [6.45, 7) is 6.81. The number of aryl methyl sites for hydroxylation is 2. The molecule has 3 aromatic rings. The third kappa shape index (κ3) is 4.57. The minimum atomic E-state index is -0.0930. The van der Waals surface area contributed by atoms with Crippen molar-refractivity contribution in [3.8, 4) is 10.4 Å². The second-order valence-corrected chi connectivity index (χ2v) is 8.86. The van der Waals surface area contributed by atoms with Crippen LogP contribution in [0.25, 0.3) is 10.4 Å². The molecule has 29 heavy (non-hydrogen) atoms. The zero-order valence-electron chi connectivity index (χ0n) is 17.0. The lowest BCUT2D eigenvalue weighted by atomic mass is 10.0. The topological polar surface area (TPSA) is 45.2 Å². The van der Waals surface area contributed by atoms with Crippen molar-refractivity contribution in [2.45, 2.75) is 32.7 Å². The van der Waals surface area contributed by atoms with Crippen LogP contribution in [0.1, 0.15) is 45.5 Å². The normalized spacial score (nSPS) is 15.4. The van der Waals surface area contributed by atoms with Gasteiger partial charge in [0.1, 0.15) is 5.69 Å². The zero-order valence-corrected chi connectivity index (χ0v) is 17.8. The number of thiazole rings is 1. The SMILES string of the molecule is Cc1ccc(C(CNC(=O)c2nc(C)sc2-c2ccccc2)N2CCCC2)cc1. The van der Waals surface area contributed by atoms with Gasteiger partial charge in [0.2, 0.25) is 0 Å². The zero-order chi connectivity index (χ0) is 20.2. The van der Waals surface area contributed by atoms with Crippen molar-refractivity contribution in [1.82, 2.24) is 15.2 Å². The van der Waals surface area contributed by atoms with Gasteiger partial charge in [-0.2, -0.15) is 0 Å². The molecular formula is C24H27N3OS. The highest BCUT2D eigenvalue weighted by Crippen LogP contribution is 2.30. The first-order valence-electron chi connectivity index (χ1n) is 10.2. The molecule has 0 saturated carbocycles. The number of carbonyl (C=O) groups excluding carboxylic acids is 1. The summed E-state index contributed by atoms with van der Waals surface area (Å²) < 4.78 is 0. The molecular weight excluding hydrogens is 378 g/mol. The van der Waals surface area contributed by atoms with Crippen LogP contribution in [0.4, 0.5) is 0 Å². The summed E-state index contributed by atoms with van der Waals surface area (Å²) in [5, 5.41) is 4.08. The number of nitrogens with one attached hydrogen (secondary N) is 1. The molecule has 150 valence electrons. The van der Waals surface area contributed by atoms with Crippen LogP contribution in [-0.4, -0.2) is 35.4 Å². The van der Waals surface area contributed by atoms with Crippen LogP contribution in [0, 0.1) is 13.8 Å². The van der Waals surface area contributed by atoms with Crippen LogP contribution in [0.5, 0.6) is 0 Å². The molecule has 2 aromatic carbocycles. The maximum Gasteiger partial charge on any atom is 0.271 e. The molecule has 1 saturated heterocycles. The van der Waals surface area contributed by atoms with Gasteiger partial charge in [-0.15, -0.1) is 11.3 Å². The molecule has 1 aliphatic heterocycles. The van der Waals surface area contributed by atoms with Crippen molar-refractivity contribution in [2.24, 2.45) is 0 Å². The smallest absolute Gasteiger partial charge is 0.271 e. The number of likely N-dealkylation sites (tertiary alicyclic amines) is 1. The quantitative estimate of drug-likeness (QED) is 0.628. The van der Waals surface area contributed by atoms with Crippen molar-refractivity contribution in [1.29, 1.82) is 0 Å².